The number of carbonyl (C=O) groups excluding carboxylic acids is 2. The van der Waals surface area contributed by atoms with Crippen LogP contribution in [0.25, 0.3) is 6.08 Å². The lowest BCUT2D eigenvalue weighted by Crippen LogP contribution is -2.50. The van der Waals surface area contributed by atoms with Gasteiger partial charge >= 0.3 is 0 Å². The van der Waals surface area contributed by atoms with E-state index in [1.165, 1.54) is 24.0 Å². The Morgan fingerprint density at radius 3 is 2.45 bits per heavy atom. The van der Waals surface area contributed by atoms with E-state index in [4.69, 9.17) is 0 Å². The van der Waals surface area contributed by atoms with Gasteiger partial charge in [-0.1, -0.05) is 55.3 Å². The lowest BCUT2D eigenvalue weighted by Gasteiger charge is -2.44. The fraction of sp³-hybridized carbons (Fsp3) is 0.364. The molecular weight excluding hydrogens is 516 g/mol. The molecule has 3 aromatic rings. The van der Waals surface area contributed by atoms with Gasteiger partial charge in [0.25, 0.3) is 11.8 Å². The molecule has 3 aliphatic rings. The van der Waals surface area contributed by atoms with Crippen LogP contribution in [0.3, 0.4) is 0 Å². The van der Waals surface area contributed by atoms with Crippen LogP contribution in [0.15, 0.2) is 77.8 Å². The Bertz CT molecular complexity index is 1380. The number of fused-ring (bicyclic) bond motifs is 1. The second kappa shape index (κ2) is 11.9. The molecule has 3 fully saturated rings. The summed E-state index contributed by atoms with van der Waals surface area (Å²) >= 11 is 1.75. The summed E-state index contributed by atoms with van der Waals surface area (Å²) in [4.78, 5) is 38.5. The van der Waals surface area contributed by atoms with Gasteiger partial charge in [-0.3, -0.25) is 9.59 Å². The fourth-order valence-corrected chi connectivity index (χ4v) is 7.54. The molecule has 206 valence electrons. The van der Waals surface area contributed by atoms with Crippen molar-refractivity contribution >= 4 is 35.5 Å². The van der Waals surface area contributed by atoms with E-state index in [0.29, 0.717) is 36.5 Å². The van der Waals surface area contributed by atoms with Crippen molar-refractivity contribution in [2.45, 2.75) is 50.4 Å². The van der Waals surface area contributed by atoms with E-state index in [2.05, 4.69) is 46.0 Å². The van der Waals surface area contributed by atoms with Crippen LogP contribution in [-0.4, -0.2) is 64.1 Å². The summed E-state index contributed by atoms with van der Waals surface area (Å²) in [7, 11) is 0. The highest BCUT2D eigenvalue weighted by atomic mass is 32.2. The summed E-state index contributed by atoms with van der Waals surface area (Å²) in [5.41, 5.74) is 4.09. The molecule has 2 aliphatic heterocycles. The van der Waals surface area contributed by atoms with Crippen molar-refractivity contribution in [2.24, 2.45) is 0 Å². The molecule has 0 radical (unpaired) electrons. The van der Waals surface area contributed by atoms with Crippen molar-refractivity contribution in [1.29, 1.82) is 0 Å². The number of nitrogens with zero attached hydrogens (tertiary/aromatic N) is 4. The number of rotatable bonds is 5. The zero-order valence-corrected chi connectivity index (χ0v) is 23.9. The highest BCUT2D eigenvalue weighted by Crippen LogP contribution is 2.43. The zero-order chi connectivity index (χ0) is 27.5. The van der Waals surface area contributed by atoms with Gasteiger partial charge in [-0.15, -0.1) is 11.8 Å². The van der Waals surface area contributed by atoms with Crippen LogP contribution in [-0.2, 0) is 11.3 Å². The van der Waals surface area contributed by atoms with Crippen LogP contribution in [0.2, 0.25) is 0 Å². The van der Waals surface area contributed by atoms with Crippen LogP contribution >= 0.6 is 11.8 Å². The Morgan fingerprint density at radius 1 is 0.950 bits per heavy atom. The standard InChI is InChI=1S/C33H36N4O2S/c1-24-8-2-3-9-27(24)23-37-28-10-4-5-11-29(28)40-30(33(37)39)22-25-13-15-26(16-14-25)32(38)36-20-18-35(19-21-36)31-12-6-7-17-34-31/h2-3,6-9,12-17,22,28-29H,4-5,10-11,18-21,23H2,1H3/b30-22+. The molecule has 3 heterocycles. The molecule has 7 heteroatoms. The van der Waals surface area contributed by atoms with Crippen LogP contribution in [0, 0.1) is 6.92 Å². The number of benzene rings is 2. The van der Waals surface area contributed by atoms with E-state index in [-0.39, 0.29) is 11.8 Å². The third-order valence-electron chi connectivity index (χ3n) is 8.42. The van der Waals surface area contributed by atoms with Gasteiger partial charge in [-0.05, 0) is 66.8 Å². The summed E-state index contributed by atoms with van der Waals surface area (Å²) in [5, 5.41) is 0.437. The highest BCUT2D eigenvalue weighted by Gasteiger charge is 2.40. The number of anilines is 1. The average molecular weight is 553 g/mol. The van der Waals surface area contributed by atoms with E-state index in [0.717, 1.165) is 42.2 Å². The molecule has 0 N–H and O–H groups in total. The maximum absolute atomic E-state index is 13.8. The summed E-state index contributed by atoms with van der Waals surface area (Å²) < 4.78 is 0. The molecule has 2 saturated heterocycles. The third-order valence-corrected chi connectivity index (χ3v) is 9.81. The Morgan fingerprint density at radius 2 is 1.70 bits per heavy atom. The second-order valence-electron chi connectivity index (χ2n) is 11.0. The number of thioether (sulfide) groups is 1. The van der Waals surface area contributed by atoms with Gasteiger partial charge in [0.15, 0.2) is 0 Å². The summed E-state index contributed by atoms with van der Waals surface area (Å²) in [6.07, 6.45) is 8.45. The minimum absolute atomic E-state index is 0.0532. The van der Waals surface area contributed by atoms with E-state index in [9.17, 15) is 9.59 Å². The Hall–Kier alpha value is -3.58. The Balaban J connectivity index is 1.14. The van der Waals surface area contributed by atoms with Gasteiger partial charge in [-0.25, -0.2) is 4.98 Å². The second-order valence-corrected chi connectivity index (χ2v) is 12.2. The van der Waals surface area contributed by atoms with Crippen molar-refractivity contribution in [1.82, 2.24) is 14.8 Å². The average Bonchev–Trinajstić information content (AvgIpc) is 3.01. The molecule has 2 amide bonds. The van der Waals surface area contributed by atoms with Gasteiger partial charge < -0.3 is 14.7 Å². The van der Waals surface area contributed by atoms with Gasteiger partial charge in [0.05, 0.1) is 4.91 Å². The Kier molecular flexibility index (Phi) is 7.91. The molecule has 2 aromatic carbocycles. The normalized spacial score (nSPS) is 22.4. The van der Waals surface area contributed by atoms with Gasteiger partial charge in [0.2, 0.25) is 0 Å². The molecule has 40 heavy (non-hydrogen) atoms. The predicted molar refractivity (Wildman–Crippen MR) is 162 cm³/mol. The summed E-state index contributed by atoms with van der Waals surface area (Å²) in [6, 6.07) is 22.3. The largest absolute Gasteiger partial charge is 0.353 e. The number of carbonyl (C=O) groups is 2. The molecule has 2 unspecified atom stereocenters. The molecule has 1 aromatic heterocycles. The molecule has 0 spiro atoms. The lowest BCUT2D eigenvalue weighted by atomic mass is 9.92. The molecule has 0 bridgehead atoms. The first-order chi connectivity index (χ1) is 19.6. The van der Waals surface area contributed by atoms with Gasteiger partial charge in [0.1, 0.15) is 5.82 Å². The maximum Gasteiger partial charge on any atom is 0.260 e. The molecule has 2 atom stereocenters. The van der Waals surface area contributed by atoms with E-state index < -0.39 is 0 Å². The fourth-order valence-electron chi connectivity index (χ4n) is 6.07. The monoisotopic (exact) mass is 552 g/mol. The number of hydrogen-bond acceptors (Lipinski definition) is 5. The zero-order valence-electron chi connectivity index (χ0n) is 23.0. The van der Waals surface area contributed by atoms with Crippen molar-refractivity contribution < 1.29 is 9.59 Å². The predicted octanol–water partition coefficient (Wildman–Crippen LogP) is 5.78. The minimum Gasteiger partial charge on any atom is -0.353 e. The Labute approximate surface area is 241 Å². The summed E-state index contributed by atoms with van der Waals surface area (Å²) in [6.45, 7) is 5.67. The number of hydrogen-bond donors (Lipinski definition) is 0. The lowest BCUT2D eigenvalue weighted by molar-refractivity contribution is -0.130. The molecule has 6 nitrogen and oxygen atoms in total. The van der Waals surface area contributed by atoms with Crippen molar-refractivity contribution in [3.8, 4) is 0 Å². The smallest absolute Gasteiger partial charge is 0.260 e. The molecule has 1 aliphatic carbocycles. The van der Waals surface area contributed by atoms with Crippen LogP contribution in [0.4, 0.5) is 5.82 Å². The topological polar surface area (TPSA) is 56.8 Å². The number of amides is 2. The van der Waals surface area contributed by atoms with Crippen LogP contribution in [0.1, 0.15) is 52.7 Å². The first kappa shape index (κ1) is 26.6. The molecular formula is C33H36N4O2S. The van der Waals surface area contributed by atoms with Gasteiger partial charge in [0, 0.05) is 55.8 Å². The number of aryl methyl sites for hydroxylation is 1. The number of aromatic nitrogens is 1. The van der Waals surface area contributed by atoms with Crippen molar-refractivity contribution in [2.75, 3.05) is 31.1 Å². The number of piperazine rings is 1. The van der Waals surface area contributed by atoms with Crippen LogP contribution in [0.5, 0.6) is 0 Å². The van der Waals surface area contributed by atoms with E-state index >= 15 is 0 Å². The quantitative estimate of drug-likeness (QED) is 0.376. The van der Waals surface area contributed by atoms with Crippen molar-refractivity contribution in [3.05, 3.63) is 100 Å². The first-order valence-corrected chi connectivity index (χ1v) is 15.2. The number of pyridine rings is 1. The van der Waals surface area contributed by atoms with Crippen LogP contribution < -0.4 is 4.90 Å². The maximum atomic E-state index is 13.8. The van der Waals surface area contributed by atoms with E-state index in [1.54, 1.807) is 18.0 Å². The van der Waals surface area contributed by atoms with E-state index in [1.807, 2.05) is 53.4 Å². The SMILES string of the molecule is Cc1ccccc1CN1C(=O)/C(=C\c2ccc(C(=O)N3CCN(c4ccccn4)CC3)cc2)SC2CCCCC21. The molecule has 6 rings (SSSR count). The highest BCUT2D eigenvalue weighted by molar-refractivity contribution is 8.04. The summed E-state index contributed by atoms with van der Waals surface area (Å²) in [5.74, 6) is 1.14. The van der Waals surface area contributed by atoms with Crippen molar-refractivity contribution in [3.63, 3.8) is 0 Å². The minimum atomic E-state index is 0.0532. The third kappa shape index (κ3) is 5.66. The first-order valence-electron chi connectivity index (χ1n) is 14.4. The molecule has 1 saturated carbocycles. The van der Waals surface area contributed by atoms with Gasteiger partial charge in [-0.2, -0.15) is 0 Å².